The summed E-state index contributed by atoms with van der Waals surface area (Å²) in [7, 11) is 0. The molecule has 0 aliphatic heterocycles. The van der Waals surface area contributed by atoms with Crippen LogP contribution in [0.4, 0.5) is 0 Å². The minimum absolute atomic E-state index is 0.107. The second-order valence-electron chi connectivity index (χ2n) is 3.20. The molecule has 1 fully saturated rings. The van der Waals surface area contributed by atoms with E-state index >= 15 is 0 Å². The van der Waals surface area contributed by atoms with E-state index < -0.39 is 0 Å². The Bertz CT molecular complexity index is 160. The van der Waals surface area contributed by atoms with E-state index in [2.05, 4.69) is 18.3 Å². The van der Waals surface area contributed by atoms with Gasteiger partial charge in [0.1, 0.15) is 6.04 Å². The van der Waals surface area contributed by atoms with E-state index in [9.17, 15) is 0 Å². The number of nitrogens with zero attached hydrogens (tertiary/aromatic N) is 1. The maximum Gasteiger partial charge on any atom is 0.119 e. The van der Waals surface area contributed by atoms with Crippen molar-refractivity contribution in [1.29, 1.82) is 5.26 Å². The van der Waals surface area contributed by atoms with Gasteiger partial charge in [-0.15, -0.1) is 0 Å². The Morgan fingerprint density at radius 3 is 2.92 bits per heavy atom. The van der Waals surface area contributed by atoms with Crippen LogP contribution in [0.3, 0.4) is 0 Å². The molecule has 0 heterocycles. The van der Waals surface area contributed by atoms with E-state index in [1.54, 1.807) is 0 Å². The van der Waals surface area contributed by atoms with Gasteiger partial charge in [-0.3, -0.25) is 5.32 Å². The predicted octanol–water partition coefficient (Wildman–Crippen LogP) is 1.06. The Labute approximate surface area is 73.7 Å². The summed E-state index contributed by atoms with van der Waals surface area (Å²) >= 11 is 0. The van der Waals surface area contributed by atoms with E-state index in [0.29, 0.717) is 12.6 Å². The molecule has 1 aliphatic carbocycles. The van der Waals surface area contributed by atoms with Crippen LogP contribution in [-0.4, -0.2) is 25.3 Å². The number of nitrogens with one attached hydrogen (secondary N) is 1. The highest BCUT2D eigenvalue weighted by Crippen LogP contribution is 2.19. The third kappa shape index (κ3) is 3.70. The van der Waals surface area contributed by atoms with Gasteiger partial charge < -0.3 is 4.74 Å². The highest BCUT2D eigenvalue weighted by atomic mass is 16.5. The molecule has 3 nitrogen and oxygen atoms in total. The van der Waals surface area contributed by atoms with E-state index in [0.717, 1.165) is 13.0 Å². The van der Waals surface area contributed by atoms with Gasteiger partial charge in [-0.1, -0.05) is 6.92 Å². The van der Waals surface area contributed by atoms with Crippen molar-refractivity contribution in [2.45, 2.75) is 38.3 Å². The lowest BCUT2D eigenvalue weighted by atomic mass is 10.3. The molecule has 68 valence electrons. The molecule has 1 unspecified atom stereocenters. The first kappa shape index (κ1) is 9.50. The lowest BCUT2D eigenvalue weighted by Gasteiger charge is -2.10. The van der Waals surface area contributed by atoms with Gasteiger partial charge in [-0.25, -0.2) is 0 Å². The Hall–Kier alpha value is -0.590. The molecule has 0 aromatic rings. The standard InChI is InChI=1S/C9H16N2O/c1-2-5-12-7-9(6-10)11-8-3-4-8/h8-9,11H,2-5,7H2,1H3. The van der Waals surface area contributed by atoms with Gasteiger partial charge in [0.05, 0.1) is 12.7 Å². The van der Waals surface area contributed by atoms with Crippen LogP contribution in [0, 0.1) is 11.3 Å². The zero-order valence-electron chi connectivity index (χ0n) is 7.55. The minimum atomic E-state index is -0.107. The molecule has 0 aromatic carbocycles. The molecule has 1 N–H and O–H groups in total. The third-order valence-electron chi connectivity index (χ3n) is 1.80. The van der Waals surface area contributed by atoms with Crippen LogP contribution in [0.5, 0.6) is 0 Å². The quantitative estimate of drug-likeness (QED) is 0.603. The van der Waals surface area contributed by atoms with Gasteiger partial charge in [0.2, 0.25) is 0 Å². The monoisotopic (exact) mass is 168 g/mol. The molecular formula is C9H16N2O. The summed E-state index contributed by atoms with van der Waals surface area (Å²) in [6.45, 7) is 3.35. The molecule has 0 spiro atoms. The summed E-state index contributed by atoms with van der Waals surface area (Å²) in [6, 6.07) is 2.67. The van der Waals surface area contributed by atoms with Gasteiger partial charge in [-0.2, -0.15) is 5.26 Å². The number of ether oxygens (including phenoxy) is 1. The lowest BCUT2D eigenvalue weighted by Crippen LogP contribution is -2.33. The molecular weight excluding hydrogens is 152 g/mol. The summed E-state index contributed by atoms with van der Waals surface area (Å²) in [5.41, 5.74) is 0. The molecule has 1 aliphatic rings. The minimum Gasteiger partial charge on any atom is -0.379 e. The maximum absolute atomic E-state index is 8.71. The Morgan fingerprint density at radius 2 is 2.42 bits per heavy atom. The van der Waals surface area contributed by atoms with Crippen LogP contribution in [0.1, 0.15) is 26.2 Å². The van der Waals surface area contributed by atoms with Gasteiger partial charge in [0, 0.05) is 12.6 Å². The molecule has 1 saturated carbocycles. The van der Waals surface area contributed by atoms with E-state index in [-0.39, 0.29) is 6.04 Å². The van der Waals surface area contributed by atoms with Gasteiger partial charge >= 0.3 is 0 Å². The van der Waals surface area contributed by atoms with Crippen molar-refractivity contribution in [1.82, 2.24) is 5.32 Å². The van der Waals surface area contributed by atoms with Crippen molar-refractivity contribution in [3.05, 3.63) is 0 Å². The molecule has 12 heavy (non-hydrogen) atoms. The maximum atomic E-state index is 8.71. The summed E-state index contributed by atoms with van der Waals surface area (Å²) in [5.74, 6) is 0. The smallest absolute Gasteiger partial charge is 0.119 e. The number of hydrogen-bond acceptors (Lipinski definition) is 3. The molecule has 1 atom stereocenters. The average molecular weight is 168 g/mol. The molecule has 0 saturated heterocycles. The highest BCUT2D eigenvalue weighted by molar-refractivity contribution is 4.95. The molecule has 0 amide bonds. The van der Waals surface area contributed by atoms with Gasteiger partial charge in [0.25, 0.3) is 0 Å². The third-order valence-corrected chi connectivity index (χ3v) is 1.80. The second kappa shape index (κ2) is 5.13. The van der Waals surface area contributed by atoms with Crippen molar-refractivity contribution in [2.24, 2.45) is 0 Å². The van der Waals surface area contributed by atoms with E-state index in [1.807, 2.05) is 0 Å². The molecule has 0 aromatic heterocycles. The number of rotatable bonds is 6. The van der Waals surface area contributed by atoms with Crippen molar-refractivity contribution in [3.63, 3.8) is 0 Å². The van der Waals surface area contributed by atoms with Crippen LogP contribution >= 0.6 is 0 Å². The predicted molar refractivity (Wildman–Crippen MR) is 46.7 cm³/mol. The van der Waals surface area contributed by atoms with Crippen LogP contribution in [0.25, 0.3) is 0 Å². The van der Waals surface area contributed by atoms with Crippen molar-refractivity contribution >= 4 is 0 Å². The highest BCUT2D eigenvalue weighted by Gasteiger charge is 2.24. The fourth-order valence-corrected chi connectivity index (χ4v) is 1.00. The Kier molecular flexibility index (Phi) is 4.06. The molecule has 0 radical (unpaired) electrons. The molecule has 1 rings (SSSR count). The first-order valence-electron chi connectivity index (χ1n) is 4.60. The van der Waals surface area contributed by atoms with Crippen molar-refractivity contribution in [2.75, 3.05) is 13.2 Å². The van der Waals surface area contributed by atoms with Gasteiger partial charge in [-0.05, 0) is 19.3 Å². The zero-order chi connectivity index (χ0) is 8.81. The van der Waals surface area contributed by atoms with Gasteiger partial charge in [0.15, 0.2) is 0 Å². The van der Waals surface area contributed by atoms with Crippen LogP contribution < -0.4 is 5.32 Å². The summed E-state index contributed by atoms with van der Waals surface area (Å²) in [6.07, 6.45) is 3.44. The largest absolute Gasteiger partial charge is 0.379 e. The first-order chi connectivity index (χ1) is 5.86. The van der Waals surface area contributed by atoms with E-state index in [1.165, 1.54) is 12.8 Å². The number of hydrogen-bond donors (Lipinski definition) is 1. The SMILES string of the molecule is CCCOCC(C#N)NC1CC1. The lowest BCUT2D eigenvalue weighted by molar-refractivity contribution is 0.123. The average Bonchev–Trinajstić information content (AvgIpc) is 2.87. The van der Waals surface area contributed by atoms with Crippen molar-refractivity contribution in [3.8, 4) is 6.07 Å². The number of nitriles is 1. The van der Waals surface area contributed by atoms with Crippen LogP contribution in [0.15, 0.2) is 0 Å². The Balaban J connectivity index is 2.04. The molecule has 3 heteroatoms. The summed E-state index contributed by atoms with van der Waals surface area (Å²) < 4.78 is 5.28. The fourth-order valence-electron chi connectivity index (χ4n) is 1.00. The first-order valence-corrected chi connectivity index (χ1v) is 4.60. The summed E-state index contributed by atoms with van der Waals surface area (Å²) in [5, 5.41) is 11.9. The van der Waals surface area contributed by atoms with Crippen LogP contribution in [0.2, 0.25) is 0 Å². The Morgan fingerprint density at radius 1 is 1.67 bits per heavy atom. The summed E-state index contributed by atoms with van der Waals surface area (Å²) in [4.78, 5) is 0. The van der Waals surface area contributed by atoms with Crippen LogP contribution in [-0.2, 0) is 4.74 Å². The topological polar surface area (TPSA) is 45.0 Å². The molecule has 0 bridgehead atoms. The normalized spacial score (nSPS) is 18.7. The second-order valence-corrected chi connectivity index (χ2v) is 3.20. The fraction of sp³-hybridized carbons (Fsp3) is 0.889. The zero-order valence-corrected chi connectivity index (χ0v) is 7.55. The van der Waals surface area contributed by atoms with E-state index in [4.69, 9.17) is 10.00 Å². The van der Waals surface area contributed by atoms with Crippen molar-refractivity contribution < 1.29 is 4.74 Å².